The Hall–Kier alpha value is -1.68. The lowest BCUT2D eigenvalue weighted by atomic mass is 10.0. The van der Waals surface area contributed by atoms with E-state index in [-0.39, 0.29) is 11.6 Å². The lowest BCUT2D eigenvalue weighted by Crippen LogP contribution is -2.36. The van der Waals surface area contributed by atoms with Gasteiger partial charge < -0.3 is 9.88 Å². The molecule has 1 unspecified atom stereocenters. The molecular formula is C14H20N4. The molecule has 0 fully saturated rings. The molecule has 0 radical (unpaired) electrons. The number of aromatic nitrogens is 3. The second-order valence-corrected chi connectivity index (χ2v) is 5.02. The Morgan fingerprint density at radius 2 is 1.89 bits per heavy atom. The Labute approximate surface area is 108 Å². The first-order valence-electron chi connectivity index (χ1n) is 6.17. The van der Waals surface area contributed by atoms with Crippen molar-refractivity contribution >= 4 is 0 Å². The fourth-order valence-corrected chi connectivity index (χ4v) is 2.03. The molecule has 0 aromatic carbocycles. The van der Waals surface area contributed by atoms with E-state index in [0.29, 0.717) is 0 Å². The summed E-state index contributed by atoms with van der Waals surface area (Å²) in [5, 5.41) is 3.32. The van der Waals surface area contributed by atoms with Crippen molar-refractivity contribution in [3.8, 4) is 0 Å². The van der Waals surface area contributed by atoms with E-state index in [9.17, 15) is 0 Å². The van der Waals surface area contributed by atoms with E-state index in [1.165, 1.54) is 11.3 Å². The molecule has 0 aliphatic heterocycles. The summed E-state index contributed by atoms with van der Waals surface area (Å²) in [6.45, 7) is 6.48. The van der Waals surface area contributed by atoms with Crippen LogP contribution in [-0.4, -0.2) is 21.6 Å². The van der Waals surface area contributed by atoms with Gasteiger partial charge in [0.05, 0.1) is 29.8 Å². The van der Waals surface area contributed by atoms with E-state index in [1.807, 2.05) is 44.1 Å². The third kappa shape index (κ3) is 2.29. The molecule has 4 heteroatoms. The highest BCUT2D eigenvalue weighted by atomic mass is 15.1. The normalized spacial score (nSPS) is 13.6. The maximum absolute atomic E-state index is 4.29. The molecule has 2 aromatic rings. The first kappa shape index (κ1) is 12.8. The van der Waals surface area contributed by atoms with Crippen LogP contribution in [0.4, 0.5) is 0 Å². The summed E-state index contributed by atoms with van der Waals surface area (Å²) in [5.41, 5.74) is 2.31. The number of pyridine rings is 1. The van der Waals surface area contributed by atoms with E-state index < -0.39 is 0 Å². The van der Waals surface area contributed by atoms with Crippen LogP contribution in [0.1, 0.15) is 38.1 Å². The number of hydrogen-bond acceptors (Lipinski definition) is 3. The topological polar surface area (TPSA) is 42.7 Å². The quantitative estimate of drug-likeness (QED) is 0.897. The summed E-state index contributed by atoms with van der Waals surface area (Å²) in [7, 11) is 1.97. The van der Waals surface area contributed by atoms with Crippen LogP contribution in [-0.2, 0) is 5.54 Å². The monoisotopic (exact) mass is 244 g/mol. The predicted octanol–water partition coefficient (Wildman–Crippen LogP) is 2.34. The smallest absolute Gasteiger partial charge is 0.0954 e. The number of hydrogen-bond donors (Lipinski definition) is 1. The van der Waals surface area contributed by atoms with Gasteiger partial charge in [-0.1, -0.05) is 0 Å². The highest BCUT2D eigenvalue weighted by Crippen LogP contribution is 2.25. The lowest BCUT2D eigenvalue weighted by Gasteiger charge is -2.28. The van der Waals surface area contributed by atoms with Crippen LogP contribution < -0.4 is 5.32 Å². The summed E-state index contributed by atoms with van der Waals surface area (Å²) >= 11 is 0. The molecule has 18 heavy (non-hydrogen) atoms. The van der Waals surface area contributed by atoms with Gasteiger partial charge in [0.2, 0.25) is 0 Å². The second-order valence-electron chi connectivity index (χ2n) is 5.02. The standard InChI is InChI=1S/C14H20N4/c1-11(12-5-7-16-8-6-12)18-10-17-9-13(18)14(2,3)15-4/h5-11,15H,1-4H3. The average molecular weight is 244 g/mol. The van der Waals surface area contributed by atoms with Crippen molar-refractivity contribution in [2.45, 2.75) is 32.4 Å². The molecule has 1 N–H and O–H groups in total. The zero-order valence-corrected chi connectivity index (χ0v) is 11.4. The van der Waals surface area contributed by atoms with Crippen molar-refractivity contribution in [2.75, 3.05) is 7.05 Å². The van der Waals surface area contributed by atoms with Crippen LogP contribution in [0.25, 0.3) is 0 Å². The van der Waals surface area contributed by atoms with Crippen molar-refractivity contribution in [1.82, 2.24) is 19.9 Å². The highest BCUT2D eigenvalue weighted by molar-refractivity contribution is 5.20. The summed E-state index contributed by atoms with van der Waals surface area (Å²) in [4.78, 5) is 8.35. The van der Waals surface area contributed by atoms with Crippen LogP contribution in [0.2, 0.25) is 0 Å². The summed E-state index contributed by atoms with van der Waals surface area (Å²) in [6, 6.07) is 4.33. The molecular weight excluding hydrogens is 224 g/mol. The van der Waals surface area contributed by atoms with E-state index in [4.69, 9.17) is 0 Å². The Morgan fingerprint density at radius 1 is 1.22 bits per heavy atom. The number of nitrogens with zero attached hydrogens (tertiary/aromatic N) is 3. The molecule has 0 aliphatic rings. The first-order valence-corrected chi connectivity index (χ1v) is 6.17. The number of nitrogens with one attached hydrogen (secondary N) is 1. The molecule has 4 nitrogen and oxygen atoms in total. The van der Waals surface area contributed by atoms with Crippen molar-refractivity contribution in [3.05, 3.63) is 48.3 Å². The summed E-state index contributed by atoms with van der Waals surface area (Å²) in [6.07, 6.45) is 7.46. The van der Waals surface area contributed by atoms with Gasteiger partial charge in [0.1, 0.15) is 0 Å². The van der Waals surface area contributed by atoms with E-state index in [2.05, 4.69) is 40.6 Å². The van der Waals surface area contributed by atoms with Crippen molar-refractivity contribution < 1.29 is 0 Å². The van der Waals surface area contributed by atoms with Gasteiger partial charge in [0.15, 0.2) is 0 Å². The molecule has 2 aromatic heterocycles. The van der Waals surface area contributed by atoms with Crippen LogP contribution in [0.15, 0.2) is 37.1 Å². The fraction of sp³-hybridized carbons (Fsp3) is 0.429. The van der Waals surface area contributed by atoms with E-state index in [1.54, 1.807) is 0 Å². The van der Waals surface area contributed by atoms with Gasteiger partial charge in [-0.2, -0.15) is 0 Å². The van der Waals surface area contributed by atoms with Crippen molar-refractivity contribution in [1.29, 1.82) is 0 Å². The van der Waals surface area contributed by atoms with Gasteiger partial charge in [-0.3, -0.25) is 4.98 Å². The summed E-state index contributed by atoms with van der Waals surface area (Å²) in [5.74, 6) is 0. The molecule has 2 heterocycles. The van der Waals surface area contributed by atoms with E-state index in [0.717, 1.165) is 0 Å². The van der Waals surface area contributed by atoms with Crippen LogP contribution in [0, 0.1) is 0 Å². The molecule has 0 amide bonds. The van der Waals surface area contributed by atoms with Crippen LogP contribution >= 0.6 is 0 Å². The fourth-order valence-electron chi connectivity index (χ4n) is 2.03. The third-order valence-corrected chi connectivity index (χ3v) is 3.54. The van der Waals surface area contributed by atoms with Crippen LogP contribution in [0.5, 0.6) is 0 Å². The molecule has 0 saturated carbocycles. The molecule has 0 spiro atoms. The Bertz CT molecular complexity index is 502. The predicted molar refractivity (Wildman–Crippen MR) is 72.4 cm³/mol. The molecule has 0 saturated heterocycles. The minimum Gasteiger partial charge on any atom is -0.326 e. The highest BCUT2D eigenvalue weighted by Gasteiger charge is 2.24. The average Bonchev–Trinajstić information content (AvgIpc) is 2.89. The van der Waals surface area contributed by atoms with Gasteiger partial charge in [-0.05, 0) is 45.5 Å². The van der Waals surface area contributed by atoms with Gasteiger partial charge in [0.25, 0.3) is 0 Å². The Morgan fingerprint density at radius 3 is 2.50 bits per heavy atom. The first-order chi connectivity index (χ1) is 8.56. The van der Waals surface area contributed by atoms with Gasteiger partial charge in [0, 0.05) is 12.4 Å². The Balaban J connectivity index is 2.38. The molecule has 96 valence electrons. The van der Waals surface area contributed by atoms with Gasteiger partial charge in [-0.25, -0.2) is 4.98 Å². The SMILES string of the molecule is CNC(C)(C)c1cncn1C(C)c1ccncc1. The zero-order chi connectivity index (χ0) is 13.2. The summed E-state index contributed by atoms with van der Waals surface area (Å²) < 4.78 is 2.20. The third-order valence-electron chi connectivity index (χ3n) is 3.54. The molecule has 1 atom stereocenters. The van der Waals surface area contributed by atoms with Gasteiger partial charge in [-0.15, -0.1) is 0 Å². The molecule has 0 bridgehead atoms. The number of imidazole rings is 1. The van der Waals surface area contributed by atoms with Gasteiger partial charge >= 0.3 is 0 Å². The maximum atomic E-state index is 4.29. The minimum atomic E-state index is -0.0994. The second kappa shape index (κ2) is 4.90. The maximum Gasteiger partial charge on any atom is 0.0954 e. The Kier molecular flexibility index (Phi) is 3.48. The zero-order valence-electron chi connectivity index (χ0n) is 11.4. The van der Waals surface area contributed by atoms with Crippen molar-refractivity contribution in [2.24, 2.45) is 0 Å². The minimum absolute atomic E-state index is 0.0994. The molecule has 0 aliphatic carbocycles. The molecule has 2 rings (SSSR count). The van der Waals surface area contributed by atoms with E-state index >= 15 is 0 Å². The van der Waals surface area contributed by atoms with Crippen LogP contribution in [0.3, 0.4) is 0 Å². The van der Waals surface area contributed by atoms with Crippen molar-refractivity contribution in [3.63, 3.8) is 0 Å². The largest absolute Gasteiger partial charge is 0.326 e. The number of rotatable bonds is 4. The lowest BCUT2D eigenvalue weighted by molar-refractivity contribution is 0.401.